The summed E-state index contributed by atoms with van der Waals surface area (Å²) in [5, 5.41) is 0.776. The summed E-state index contributed by atoms with van der Waals surface area (Å²) in [5.41, 5.74) is 2.20. The molecule has 1 nitrogen and oxygen atoms in total. The molecule has 1 aliphatic carbocycles. The van der Waals surface area contributed by atoms with E-state index in [1.807, 2.05) is 12.1 Å². The first-order chi connectivity index (χ1) is 8.70. The van der Waals surface area contributed by atoms with Crippen LogP contribution in [-0.2, 0) is 5.88 Å². The third kappa shape index (κ3) is 3.55. The molecule has 1 aromatic rings. The second-order valence-corrected chi connectivity index (χ2v) is 5.97. The Kier molecular flexibility index (Phi) is 5.20. The van der Waals surface area contributed by atoms with Crippen LogP contribution in [0.25, 0.3) is 0 Å². The van der Waals surface area contributed by atoms with E-state index in [-0.39, 0.29) is 0 Å². The largest absolute Gasteiger partial charge is 0.374 e. The first-order valence-corrected chi connectivity index (χ1v) is 7.67. The molecule has 3 heteroatoms. The van der Waals surface area contributed by atoms with E-state index in [2.05, 4.69) is 18.0 Å². The summed E-state index contributed by atoms with van der Waals surface area (Å²) in [7, 11) is 2.15. The van der Waals surface area contributed by atoms with Crippen LogP contribution in [0, 0.1) is 5.92 Å². The van der Waals surface area contributed by atoms with Crippen molar-refractivity contribution in [3.8, 4) is 0 Å². The second kappa shape index (κ2) is 6.68. The van der Waals surface area contributed by atoms with Crippen LogP contribution in [0.5, 0.6) is 0 Å². The molecule has 0 saturated heterocycles. The molecule has 1 fully saturated rings. The van der Waals surface area contributed by atoms with Crippen molar-refractivity contribution in [2.75, 3.05) is 18.5 Å². The molecule has 2 rings (SSSR count). The zero-order valence-electron chi connectivity index (χ0n) is 11.0. The zero-order valence-corrected chi connectivity index (χ0v) is 12.5. The third-order valence-electron chi connectivity index (χ3n) is 3.88. The van der Waals surface area contributed by atoms with Gasteiger partial charge in [-0.05, 0) is 36.5 Å². The van der Waals surface area contributed by atoms with Crippen LogP contribution < -0.4 is 4.90 Å². The lowest BCUT2D eigenvalue weighted by molar-refractivity contribution is 0.362. The normalized spacial score (nSPS) is 16.8. The van der Waals surface area contributed by atoms with Gasteiger partial charge in [-0.1, -0.05) is 36.9 Å². The Labute approximate surface area is 120 Å². The molecular weight excluding hydrogens is 265 g/mol. The molecule has 100 valence electrons. The third-order valence-corrected chi connectivity index (χ3v) is 4.52. The summed E-state index contributed by atoms with van der Waals surface area (Å²) in [6, 6.07) is 6.18. The molecule has 0 aliphatic heterocycles. The summed E-state index contributed by atoms with van der Waals surface area (Å²) >= 11 is 12.0. The maximum atomic E-state index is 6.21. The minimum atomic E-state index is 0.478. The van der Waals surface area contributed by atoms with Crippen molar-refractivity contribution in [1.82, 2.24) is 0 Å². The Morgan fingerprint density at radius 3 is 2.56 bits per heavy atom. The van der Waals surface area contributed by atoms with Gasteiger partial charge in [0.25, 0.3) is 0 Å². The number of nitrogens with zero attached hydrogens (tertiary/aromatic N) is 1. The number of anilines is 1. The molecule has 0 N–H and O–H groups in total. The highest BCUT2D eigenvalue weighted by Gasteiger charge is 2.16. The lowest BCUT2D eigenvalue weighted by Crippen LogP contribution is -2.26. The lowest BCUT2D eigenvalue weighted by atomic mass is 9.89. The van der Waals surface area contributed by atoms with Crippen LogP contribution in [0.4, 0.5) is 5.69 Å². The van der Waals surface area contributed by atoms with Crippen LogP contribution in [0.2, 0.25) is 5.02 Å². The summed E-state index contributed by atoms with van der Waals surface area (Å²) in [6.45, 7) is 1.14. The predicted octanol–water partition coefficient (Wildman–Crippen LogP) is 5.10. The minimum absolute atomic E-state index is 0.478. The molecule has 0 radical (unpaired) electrons. The van der Waals surface area contributed by atoms with Crippen molar-refractivity contribution < 1.29 is 0 Å². The van der Waals surface area contributed by atoms with E-state index in [0.717, 1.165) is 23.0 Å². The summed E-state index contributed by atoms with van der Waals surface area (Å²) < 4.78 is 0. The van der Waals surface area contributed by atoms with Gasteiger partial charge in [0.1, 0.15) is 0 Å². The summed E-state index contributed by atoms with van der Waals surface area (Å²) in [5.74, 6) is 1.32. The number of alkyl halides is 1. The maximum Gasteiger partial charge on any atom is 0.0488 e. The predicted molar refractivity (Wildman–Crippen MR) is 80.9 cm³/mol. The van der Waals surface area contributed by atoms with E-state index < -0.39 is 0 Å². The van der Waals surface area contributed by atoms with Gasteiger partial charge >= 0.3 is 0 Å². The monoisotopic (exact) mass is 285 g/mol. The number of halogens is 2. The number of rotatable bonds is 4. The molecule has 1 aliphatic rings. The standard InChI is InChI=1S/C15H21Cl2N/c1-18(11-12-5-3-2-4-6-12)14-8-7-13(10-16)15(17)9-14/h7-9,12H,2-6,10-11H2,1H3. The molecule has 18 heavy (non-hydrogen) atoms. The number of hydrogen-bond donors (Lipinski definition) is 0. The van der Waals surface area contributed by atoms with Gasteiger partial charge in [-0.3, -0.25) is 0 Å². The molecule has 0 aromatic heterocycles. The zero-order chi connectivity index (χ0) is 13.0. The van der Waals surface area contributed by atoms with Gasteiger partial charge in [-0.15, -0.1) is 11.6 Å². The second-order valence-electron chi connectivity index (χ2n) is 5.29. The quantitative estimate of drug-likeness (QED) is 0.696. The maximum absolute atomic E-state index is 6.21. The molecule has 0 spiro atoms. The van der Waals surface area contributed by atoms with Crippen LogP contribution in [0.15, 0.2) is 18.2 Å². The van der Waals surface area contributed by atoms with Crippen LogP contribution >= 0.6 is 23.2 Å². The van der Waals surface area contributed by atoms with Gasteiger partial charge in [0, 0.05) is 30.2 Å². The van der Waals surface area contributed by atoms with Crippen molar-refractivity contribution in [2.24, 2.45) is 5.92 Å². The average molecular weight is 286 g/mol. The highest BCUT2D eigenvalue weighted by atomic mass is 35.5. The molecule has 1 saturated carbocycles. The van der Waals surface area contributed by atoms with Crippen molar-refractivity contribution in [3.05, 3.63) is 28.8 Å². The molecule has 0 atom stereocenters. The lowest BCUT2D eigenvalue weighted by Gasteiger charge is -2.28. The van der Waals surface area contributed by atoms with E-state index in [0.29, 0.717) is 5.88 Å². The van der Waals surface area contributed by atoms with Crippen molar-refractivity contribution in [1.29, 1.82) is 0 Å². The van der Waals surface area contributed by atoms with E-state index in [4.69, 9.17) is 23.2 Å². The van der Waals surface area contributed by atoms with Crippen LogP contribution in [0.1, 0.15) is 37.7 Å². The fourth-order valence-corrected chi connectivity index (χ4v) is 3.29. The number of benzene rings is 1. The van der Waals surface area contributed by atoms with Crippen LogP contribution in [-0.4, -0.2) is 13.6 Å². The van der Waals surface area contributed by atoms with Gasteiger partial charge in [0.15, 0.2) is 0 Å². The average Bonchev–Trinajstić information content (AvgIpc) is 2.39. The number of hydrogen-bond acceptors (Lipinski definition) is 1. The van der Waals surface area contributed by atoms with E-state index >= 15 is 0 Å². The Bertz CT molecular complexity index is 386. The van der Waals surface area contributed by atoms with Gasteiger partial charge in [0.05, 0.1) is 0 Å². The molecule has 1 aromatic carbocycles. The van der Waals surface area contributed by atoms with Gasteiger partial charge in [-0.25, -0.2) is 0 Å². The topological polar surface area (TPSA) is 3.24 Å². The van der Waals surface area contributed by atoms with Crippen LogP contribution in [0.3, 0.4) is 0 Å². The highest BCUT2D eigenvalue weighted by Crippen LogP contribution is 2.28. The molecule has 0 bridgehead atoms. The van der Waals surface area contributed by atoms with Gasteiger partial charge in [0.2, 0.25) is 0 Å². The Morgan fingerprint density at radius 2 is 1.94 bits per heavy atom. The Morgan fingerprint density at radius 1 is 1.22 bits per heavy atom. The van der Waals surface area contributed by atoms with Crippen molar-refractivity contribution in [3.63, 3.8) is 0 Å². The fraction of sp³-hybridized carbons (Fsp3) is 0.600. The molecule has 0 unspecified atom stereocenters. The van der Waals surface area contributed by atoms with Gasteiger partial charge < -0.3 is 4.90 Å². The van der Waals surface area contributed by atoms with E-state index in [9.17, 15) is 0 Å². The highest BCUT2D eigenvalue weighted by molar-refractivity contribution is 6.32. The Hall–Kier alpha value is -0.400. The van der Waals surface area contributed by atoms with E-state index in [1.54, 1.807) is 0 Å². The molecular formula is C15H21Cl2N. The van der Waals surface area contributed by atoms with Gasteiger partial charge in [-0.2, -0.15) is 0 Å². The van der Waals surface area contributed by atoms with Crippen molar-refractivity contribution in [2.45, 2.75) is 38.0 Å². The fourth-order valence-electron chi connectivity index (χ4n) is 2.74. The first-order valence-electron chi connectivity index (χ1n) is 6.76. The summed E-state index contributed by atoms with van der Waals surface area (Å²) in [6.07, 6.45) is 6.95. The van der Waals surface area contributed by atoms with E-state index in [1.165, 1.54) is 37.8 Å². The summed E-state index contributed by atoms with van der Waals surface area (Å²) in [4.78, 5) is 2.32. The molecule has 0 amide bonds. The molecule has 0 heterocycles. The van der Waals surface area contributed by atoms with Crippen molar-refractivity contribution >= 4 is 28.9 Å². The smallest absolute Gasteiger partial charge is 0.0488 e. The first kappa shape index (κ1) is 14.0. The Balaban J connectivity index is 1.99. The minimum Gasteiger partial charge on any atom is -0.374 e. The SMILES string of the molecule is CN(CC1CCCCC1)c1ccc(CCl)c(Cl)c1.